The van der Waals surface area contributed by atoms with Crippen LogP contribution in [0.2, 0.25) is 0 Å². The number of rotatable bonds is 5. The van der Waals surface area contributed by atoms with Crippen molar-refractivity contribution in [2.75, 3.05) is 11.4 Å². The molecule has 0 radical (unpaired) electrons. The lowest BCUT2D eigenvalue weighted by molar-refractivity contribution is -0.118. The number of benzene rings is 2. The van der Waals surface area contributed by atoms with Crippen LogP contribution < -0.4 is 15.0 Å². The third kappa shape index (κ3) is 5.46. The zero-order chi connectivity index (χ0) is 21.9. The Morgan fingerprint density at radius 2 is 1.83 bits per heavy atom. The van der Waals surface area contributed by atoms with E-state index in [1.807, 2.05) is 0 Å². The molecule has 2 aromatic rings. The summed E-state index contributed by atoms with van der Waals surface area (Å²) in [6, 6.07) is 9.80. The molecule has 8 heteroatoms. The largest absolute Gasteiger partial charge is 0.489 e. The summed E-state index contributed by atoms with van der Waals surface area (Å²) in [6.45, 7) is 5.82. The first-order valence-electron chi connectivity index (χ1n) is 9.60. The van der Waals surface area contributed by atoms with E-state index in [-0.39, 0.29) is 12.5 Å². The molecule has 0 saturated carbocycles. The van der Waals surface area contributed by atoms with Gasteiger partial charge in [0, 0.05) is 12.2 Å². The van der Waals surface area contributed by atoms with Gasteiger partial charge >= 0.3 is 6.09 Å². The molecule has 1 N–H and O–H groups in total. The number of carbonyl (C=O) groups is 2. The lowest BCUT2D eigenvalue weighted by atomic mass is 10.2. The smallest absolute Gasteiger partial charge is 0.408 e. The lowest BCUT2D eigenvalue weighted by Crippen LogP contribution is -2.43. The van der Waals surface area contributed by atoms with E-state index < -0.39 is 29.4 Å². The lowest BCUT2D eigenvalue weighted by Gasteiger charge is -2.21. The highest BCUT2D eigenvalue weighted by Gasteiger charge is 2.34. The summed E-state index contributed by atoms with van der Waals surface area (Å²) in [5, 5.41) is 2.61. The Bertz CT molecular complexity index is 926. The molecule has 3 rings (SSSR count). The van der Waals surface area contributed by atoms with E-state index in [0.29, 0.717) is 30.0 Å². The summed E-state index contributed by atoms with van der Waals surface area (Å²) in [5.74, 6) is -1.51. The van der Waals surface area contributed by atoms with Crippen LogP contribution >= 0.6 is 0 Å². The second-order valence-corrected chi connectivity index (χ2v) is 8.01. The number of alkyl carbamates (subject to hydrolysis) is 1. The van der Waals surface area contributed by atoms with Gasteiger partial charge in [-0.3, -0.25) is 4.79 Å². The van der Waals surface area contributed by atoms with Gasteiger partial charge in [-0.15, -0.1) is 0 Å². The molecule has 2 aromatic carbocycles. The van der Waals surface area contributed by atoms with Gasteiger partial charge in [0.05, 0.1) is 0 Å². The highest BCUT2D eigenvalue weighted by molar-refractivity contribution is 6.00. The van der Waals surface area contributed by atoms with Crippen LogP contribution in [0.5, 0.6) is 5.75 Å². The molecule has 2 amide bonds. The second kappa shape index (κ2) is 8.69. The summed E-state index contributed by atoms with van der Waals surface area (Å²) in [7, 11) is 0. The maximum atomic E-state index is 13.3. The molecule has 1 aliphatic rings. The fourth-order valence-electron chi connectivity index (χ4n) is 3.04. The summed E-state index contributed by atoms with van der Waals surface area (Å²) in [5.41, 5.74) is 0.540. The van der Waals surface area contributed by atoms with Gasteiger partial charge in [0.25, 0.3) is 0 Å². The van der Waals surface area contributed by atoms with E-state index in [1.54, 1.807) is 49.9 Å². The van der Waals surface area contributed by atoms with Crippen molar-refractivity contribution in [2.24, 2.45) is 0 Å². The minimum Gasteiger partial charge on any atom is -0.489 e. The molecule has 0 aliphatic carbocycles. The summed E-state index contributed by atoms with van der Waals surface area (Å²) < 4.78 is 37.0. The fraction of sp³-hybridized carbons (Fsp3) is 0.364. The number of ether oxygens (including phenoxy) is 2. The van der Waals surface area contributed by atoms with Crippen molar-refractivity contribution in [1.29, 1.82) is 0 Å². The van der Waals surface area contributed by atoms with Crippen LogP contribution in [0.15, 0.2) is 42.5 Å². The molecular formula is C22H24F2N2O4. The quantitative estimate of drug-likeness (QED) is 0.791. The number of anilines is 1. The van der Waals surface area contributed by atoms with E-state index in [0.717, 1.165) is 12.1 Å². The highest BCUT2D eigenvalue weighted by Crippen LogP contribution is 2.25. The van der Waals surface area contributed by atoms with Gasteiger partial charge in [0.2, 0.25) is 5.91 Å². The van der Waals surface area contributed by atoms with Gasteiger partial charge in [-0.25, -0.2) is 13.6 Å². The zero-order valence-electron chi connectivity index (χ0n) is 17.1. The third-order valence-electron chi connectivity index (χ3n) is 4.43. The second-order valence-electron chi connectivity index (χ2n) is 8.01. The Kier molecular flexibility index (Phi) is 6.24. The van der Waals surface area contributed by atoms with Gasteiger partial charge in [0.15, 0.2) is 11.6 Å². The maximum absolute atomic E-state index is 13.3. The SMILES string of the molecule is CC(C)(C)OC(=O)N[C@H]1CCN(c2ccc(OCc3ccc(F)c(F)c3)cc2)C1=O. The van der Waals surface area contributed by atoms with Gasteiger partial charge < -0.3 is 19.7 Å². The van der Waals surface area contributed by atoms with Crippen LogP contribution in [-0.4, -0.2) is 30.2 Å². The molecule has 0 spiro atoms. The first-order chi connectivity index (χ1) is 14.1. The monoisotopic (exact) mass is 418 g/mol. The Hall–Kier alpha value is -3.16. The van der Waals surface area contributed by atoms with Crippen molar-refractivity contribution in [1.82, 2.24) is 5.32 Å². The molecule has 30 heavy (non-hydrogen) atoms. The Morgan fingerprint density at radius 1 is 1.13 bits per heavy atom. The van der Waals surface area contributed by atoms with Crippen molar-refractivity contribution in [3.8, 4) is 5.75 Å². The van der Waals surface area contributed by atoms with Crippen molar-refractivity contribution >= 4 is 17.7 Å². The minimum absolute atomic E-state index is 0.0844. The number of nitrogens with zero attached hydrogens (tertiary/aromatic N) is 1. The first-order valence-corrected chi connectivity index (χ1v) is 9.60. The predicted molar refractivity (Wildman–Crippen MR) is 107 cm³/mol. The highest BCUT2D eigenvalue weighted by atomic mass is 19.2. The van der Waals surface area contributed by atoms with E-state index in [1.165, 1.54) is 6.07 Å². The molecule has 1 aliphatic heterocycles. The molecule has 1 fully saturated rings. The van der Waals surface area contributed by atoms with Crippen LogP contribution in [0.3, 0.4) is 0 Å². The van der Waals surface area contributed by atoms with Crippen LogP contribution in [-0.2, 0) is 16.1 Å². The number of hydrogen-bond donors (Lipinski definition) is 1. The van der Waals surface area contributed by atoms with Crippen LogP contribution in [0.4, 0.5) is 19.3 Å². The Balaban J connectivity index is 1.56. The molecule has 0 aromatic heterocycles. The normalized spacial score (nSPS) is 16.5. The average molecular weight is 418 g/mol. The third-order valence-corrected chi connectivity index (χ3v) is 4.43. The summed E-state index contributed by atoms with van der Waals surface area (Å²) in [4.78, 5) is 26.1. The molecule has 1 saturated heterocycles. The number of carbonyl (C=O) groups excluding carboxylic acids is 2. The van der Waals surface area contributed by atoms with Gasteiger partial charge in [0.1, 0.15) is 24.0 Å². The van der Waals surface area contributed by atoms with Crippen molar-refractivity contribution < 1.29 is 27.8 Å². The predicted octanol–water partition coefficient (Wildman–Crippen LogP) is 4.17. The first kappa shape index (κ1) is 21.5. The molecule has 6 nitrogen and oxygen atoms in total. The van der Waals surface area contributed by atoms with Crippen LogP contribution in [0, 0.1) is 11.6 Å². The summed E-state index contributed by atoms with van der Waals surface area (Å²) in [6.07, 6.45) is -0.143. The van der Waals surface area contributed by atoms with Crippen molar-refractivity contribution in [2.45, 2.75) is 45.4 Å². The van der Waals surface area contributed by atoms with Gasteiger partial charge in [-0.2, -0.15) is 0 Å². The van der Waals surface area contributed by atoms with E-state index >= 15 is 0 Å². The standard InChI is InChI=1S/C22H24F2N2O4/c1-22(2,3)30-21(28)25-19-10-11-26(20(19)27)15-5-7-16(8-6-15)29-13-14-4-9-17(23)18(24)12-14/h4-9,12,19H,10-11,13H2,1-3H3,(H,25,28)/t19-/m0/s1. The molecule has 0 bridgehead atoms. The number of nitrogens with one attached hydrogen (secondary N) is 1. The number of hydrogen-bond acceptors (Lipinski definition) is 4. The molecule has 0 unspecified atom stereocenters. The Labute approximate surface area is 173 Å². The van der Waals surface area contributed by atoms with Gasteiger partial charge in [-0.1, -0.05) is 6.07 Å². The topological polar surface area (TPSA) is 67.9 Å². The molecule has 1 atom stereocenters. The minimum atomic E-state index is -0.923. The van der Waals surface area contributed by atoms with Crippen LogP contribution in [0.25, 0.3) is 0 Å². The average Bonchev–Trinajstić information content (AvgIpc) is 3.02. The maximum Gasteiger partial charge on any atom is 0.408 e. The molecular weight excluding hydrogens is 394 g/mol. The zero-order valence-corrected chi connectivity index (χ0v) is 17.1. The van der Waals surface area contributed by atoms with Crippen molar-refractivity contribution in [3.05, 3.63) is 59.7 Å². The van der Waals surface area contributed by atoms with E-state index in [2.05, 4.69) is 5.32 Å². The Morgan fingerprint density at radius 3 is 2.47 bits per heavy atom. The van der Waals surface area contributed by atoms with Crippen LogP contribution in [0.1, 0.15) is 32.8 Å². The van der Waals surface area contributed by atoms with E-state index in [9.17, 15) is 18.4 Å². The van der Waals surface area contributed by atoms with Gasteiger partial charge in [-0.05, 0) is 69.2 Å². The van der Waals surface area contributed by atoms with Crippen molar-refractivity contribution in [3.63, 3.8) is 0 Å². The molecule has 1 heterocycles. The molecule has 160 valence electrons. The van der Waals surface area contributed by atoms with E-state index in [4.69, 9.17) is 9.47 Å². The number of amides is 2. The summed E-state index contributed by atoms with van der Waals surface area (Å²) >= 11 is 0. The number of halogens is 2. The fourth-order valence-corrected chi connectivity index (χ4v) is 3.04.